The molecule has 21 heavy (non-hydrogen) atoms. The Morgan fingerprint density at radius 3 is 2.67 bits per heavy atom. The van der Waals surface area contributed by atoms with Gasteiger partial charge in [0, 0.05) is 19.3 Å². The molecule has 0 aliphatic carbocycles. The van der Waals surface area contributed by atoms with E-state index < -0.39 is 0 Å². The zero-order chi connectivity index (χ0) is 15.2. The highest BCUT2D eigenvalue weighted by molar-refractivity contribution is 5.94. The van der Waals surface area contributed by atoms with Gasteiger partial charge in [-0.05, 0) is 38.4 Å². The number of benzene rings is 1. The van der Waals surface area contributed by atoms with Crippen molar-refractivity contribution in [3.05, 3.63) is 29.8 Å². The molecule has 0 radical (unpaired) electrons. The number of anilines is 1. The van der Waals surface area contributed by atoms with Gasteiger partial charge in [0.05, 0.1) is 12.5 Å². The topological polar surface area (TPSA) is 61.4 Å². The second-order valence-corrected chi connectivity index (χ2v) is 5.65. The monoisotopic (exact) mass is 289 g/mol. The van der Waals surface area contributed by atoms with Crippen LogP contribution in [0.3, 0.4) is 0 Å². The molecule has 0 aromatic heterocycles. The van der Waals surface area contributed by atoms with E-state index >= 15 is 0 Å². The summed E-state index contributed by atoms with van der Waals surface area (Å²) in [5.41, 5.74) is 1.90. The Labute approximate surface area is 125 Å². The third-order valence-electron chi connectivity index (χ3n) is 3.74. The first-order valence-electron chi connectivity index (χ1n) is 7.38. The van der Waals surface area contributed by atoms with Gasteiger partial charge < -0.3 is 15.5 Å². The van der Waals surface area contributed by atoms with E-state index in [1.54, 1.807) is 7.05 Å². The van der Waals surface area contributed by atoms with Crippen molar-refractivity contribution in [2.75, 3.05) is 32.0 Å². The molecule has 1 aliphatic heterocycles. The summed E-state index contributed by atoms with van der Waals surface area (Å²) in [6.07, 6.45) is 1.91. The first-order chi connectivity index (χ1) is 10.1. The second-order valence-electron chi connectivity index (χ2n) is 5.65. The van der Waals surface area contributed by atoms with Crippen LogP contribution in [0.5, 0.6) is 0 Å². The summed E-state index contributed by atoms with van der Waals surface area (Å²) >= 11 is 0. The Balaban J connectivity index is 1.83. The molecule has 1 heterocycles. The summed E-state index contributed by atoms with van der Waals surface area (Å²) in [5.74, 6) is -0.129. The highest BCUT2D eigenvalue weighted by atomic mass is 16.2. The zero-order valence-corrected chi connectivity index (χ0v) is 12.7. The molecule has 1 aliphatic rings. The molecule has 0 spiro atoms. The number of hydrogen-bond acceptors (Lipinski definition) is 3. The van der Waals surface area contributed by atoms with Crippen LogP contribution in [-0.2, 0) is 9.59 Å². The summed E-state index contributed by atoms with van der Waals surface area (Å²) in [4.78, 5) is 25.7. The van der Waals surface area contributed by atoms with Gasteiger partial charge >= 0.3 is 0 Å². The van der Waals surface area contributed by atoms with Gasteiger partial charge in [0.15, 0.2) is 0 Å². The molecule has 1 aromatic carbocycles. The quantitative estimate of drug-likeness (QED) is 0.880. The largest absolute Gasteiger partial charge is 0.336 e. The fraction of sp³-hybridized carbons (Fsp3) is 0.500. The predicted molar refractivity (Wildman–Crippen MR) is 83.0 cm³/mol. The highest BCUT2D eigenvalue weighted by Crippen LogP contribution is 2.13. The first kappa shape index (κ1) is 15.5. The smallest absolute Gasteiger partial charge is 0.243 e. The molecule has 1 fully saturated rings. The molecule has 0 bridgehead atoms. The molecule has 5 nitrogen and oxygen atoms in total. The Kier molecular flexibility index (Phi) is 5.33. The van der Waals surface area contributed by atoms with Crippen LogP contribution in [0, 0.1) is 12.8 Å². The van der Waals surface area contributed by atoms with Crippen LogP contribution in [0.25, 0.3) is 0 Å². The number of nitrogens with zero attached hydrogens (tertiary/aromatic N) is 1. The molecule has 1 saturated heterocycles. The normalized spacial score (nSPS) is 18.1. The third kappa shape index (κ3) is 4.56. The Bertz CT molecular complexity index is 493. The van der Waals surface area contributed by atoms with Crippen molar-refractivity contribution in [1.82, 2.24) is 10.2 Å². The Hall–Kier alpha value is -1.88. The molecular weight excluding hydrogens is 266 g/mol. The fourth-order valence-corrected chi connectivity index (χ4v) is 2.51. The van der Waals surface area contributed by atoms with Gasteiger partial charge in [0.25, 0.3) is 0 Å². The van der Waals surface area contributed by atoms with Crippen molar-refractivity contribution in [3.63, 3.8) is 0 Å². The van der Waals surface area contributed by atoms with Crippen LogP contribution in [0.1, 0.15) is 18.4 Å². The van der Waals surface area contributed by atoms with Crippen LogP contribution in [0.4, 0.5) is 5.69 Å². The number of rotatable bonds is 4. The van der Waals surface area contributed by atoms with Crippen molar-refractivity contribution in [2.24, 2.45) is 5.92 Å². The van der Waals surface area contributed by atoms with Crippen LogP contribution < -0.4 is 10.6 Å². The lowest BCUT2D eigenvalue weighted by Gasteiger charge is -2.26. The van der Waals surface area contributed by atoms with E-state index in [2.05, 4.69) is 10.6 Å². The van der Waals surface area contributed by atoms with Crippen LogP contribution in [0.15, 0.2) is 24.3 Å². The molecule has 2 amide bonds. The molecule has 1 atom stereocenters. The number of nitrogens with one attached hydrogen (secondary N) is 2. The van der Waals surface area contributed by atoms with E-state index in [1.165, 1.54) is 4.90 Å². The van der Waals surface area contributed by atoms with Gasteiger partial charge in [0.2, 0.25) is 11.8 Å². The van der Waals surface area contributed by atoms with E-state index in [4.69, 9.17) is 0 Å². The van der Waals surface area contributed by atoms with E-state index in [1.807, 2.05) is 31.2 Å². The number of piperidine rings is 1. The first-order valence-corrected chi connectivity index (χ1v) is 7.38. The zero-order valence-electron chi connectivity index (χ0n) is 12.7. The second kappa shape index (κ2) is 7.22. The lowest BCUT2D eigenvalue weighted by molar-refractivity contribution is -0.137. The predicted octanol–water partition coefficient (Wildman–Crippen LogP) is 1.39. The molecule has 2 rings (SSSR count). The average molecular weight is 289 g/mol. The third-order valence-corrected chi connectivity index (χ3v) is 3.74. The van der Waals surface area contributed by atoms with Crippen LogP contribution in [0.2, 0.25) is 0 Å². The number of hydrogen-bond donors (Lipinski definition) is 2. The fourth-order valence-electron chi connectivity index (χ4n) is 2.51. The average Bonchev–Trinajstić information content (AvgIpc) is 2.49. The minimum atomic E-state index is -0.168. The van der Waals surface area contributed by atoms with Crippen LogP contribution >= 0.6 is 0 Å². The van der Waals surface area contributed by atoms with Gasteiger partial charge in [-0.15, -0.1) is 0 Å². The van der Waals surface area contributed by atoms with Crippen LogP contribution in [-0.4, -0.2) is 43.4 Å². The van der Waals surface area contributed by atoms with Crippen molar-refractivity contribution in [1.29, 1.82) is 0 Å². The van der Waals surface area contributed by atoms with Crippen molar-refractivity contribution >= 4 is 17.5 Å². The van der Waals surface area contributed by atoms with Gasteiger partial charge in [-0.25, -0.2) is 0 Å². The molecule has 114 valence electrons. The van der Waals surface area contributed by atoms with Gasteiger partial charge in [-0.3, -0.25) is 9.59 Å². The van der Waals surface area contributed by atoms with E-state index in [0.717, 1.165) is 30.6 Å². The molecule has 1 aromatic rings. The highest BCUT2D eigenvalue weighted by Gasteiger charge is 2.24. The molecule has 1 unspecified atom stereocenters. The summed E-state index contributed by atoms with van der Waals surface area (Å²) in [6, 6.07) is 7.61. The number of aryl methyl sites for hydroxylation is 1. The van der Waals surface area contributed by atoms with E-state index in [-0.39, 0.29) is 24.3 Å². The van der Waals surface area contributed by atoms with Crippen molar-refractivity contribution in [3.8, 4) is 0 Å². The molecule has 0 saturated carbocycles. The number of likely N-dealkylation sites (N-methyl/N-ethyl adjacent to an activating group) is 1. The maximum atomic E-state index is 12.2. The number of amides is 2. The number of carbonyl (C=O) groups is 2. The number of carbonyl (C=O) groups excluding carboxylic acids is 2. The van der Waals surface area contributed by atoms with E-state index in [9.17, 15) is 9.59 Å². The molecular formula is C16H23N3O2. The summed E-state index contributed by atoms with van der Waals surface area (Å²) in [6.45, 7) is 3.77. The molecule has 5 heteroatoms. The summed E-state index contributed by atoms with van der Waals surface area (Å²) in [5, 5.41) is 6.03. The van der Waals surface area contributed by atoms with Gasteiger partial charge in [0.1, 0.15) is 0 Å². The van der Waals surface area contributed by atoms with E-state index in [0.29, 0.717) is 6.54 Å². The standard InChI is InChI=1S/C16H23N3O2/c1-12-5-7-14(8-6-12)18-15(20)11-19(2)16(21)13-4-3-9-17-10-13/h5-8,13,17H,3-4,9-11H2,1-2H3,(H,18,20). The Morgan fingerprint density at radius 1 is 1.33 bits per heavy atom. The maximum Gasteiger partial charge on any atom is 0.243 e. The maximum absolute atomic E-state index is 12.2. The van der Waals surface area contributed by atoms with Gasteiger partial charge in [-0.2, -0.15) is 0 Å². The summed E-state index contributed by atoms with van der Waals surface area (Å²) < 4.78 is 0. The van der Waals surface area contributed by atoms with Gasteiger partial charge in [-0.1, -0.05) is 17.7 Å². The lowest BCUT2D eigenvalue weighted by atomic mass is 9.98. The SMILES string of the molecule is Cc1ccc(NC(=O)CN(C)C(=O)C2CCCNC2)cc1. The minimum absolute atomic E-state index is 0.00377. The molecule has 2 N–H and O–H groups in total. The lowest BCUT2D eigenvalue weighted by Crippen LogP contribution is -2.43. The van der Waals surface area contributed by atoms with Crippen molar-refractivity contribution < 1.29 is 9.59 Å². The summed E-state index contributed by atoms with van der Waals surface area (Å²) in [7, 11) is 1.69. The minimum Gasteiger partial charge on any atom is -0.336 e. The van der Waals surface area contributed by atoms with Crippen molar-refractivity contribution in [2.45, 2.75) is 19.8 Å². The Morgan fingerprint density at radius 2 is 2.05 bits per heavy atom.